The number of aromatic nitrogens is 2. The Balaban J connectivity index is 1.93. The number of imidazole rings is 1. The highest BCUT2D eigenvalue weighted by Gasteiger charge is 2.15. The monoisotopic (exact) mass is 329 g/mol. The number of anilines is 1. The van der Waals surface area contributed by atoms with Crippen molar-refractivity contribution in [2.75, 3.05) is 4.72 Å². The first-order valence-corrected chi connectivity index (χ1v) is 9.01. The molecule has 1 N–H and O–H groups in total. The summed E-state index contributed by atoms with van der Waals surface area (Å²) in [5, 5.41) is 0. The summed E-state index contributed by atoms with van der Waals surface area (Å²) in [6, 6.07) is 11.0. The Hall–Kier alpha value is -2.34. The summed E-state index contributed by atoms with van der Waals surface area (Å²) < 4.78 is 29.5. The lowest BCUT2D eigenvalue weighted by Gasteiger charge is -2.10. The minimum atomic E-state index is -3.50. The summed E-state index contributed by atoms with van der Waals surface area (Å²) in [4.78, 5) is 4.45. The van der Waals surface area contributed by atoms with E-state index in [-0.39, 0.29) is 5.75 Å². The molecule has 0 fully saturated rings. The molecule has 6 heteroatoms. The minimum absolute atomic E-state index is 0.0611. The molecular weight excluding hydrogens is 310 g/mol. The second kappa shape index (κ2) is 5.70. The average molecular weight is 329 g/mol. The Bertz CT molecular complexity index is 975. The van der Waals surface area contributed by atoms with E-state index >= 15 is 0 Å². The normalized spacial score (nSPS) is 11.8. The van der Waals surface area contributed by atoms with E-state index in [1.807, 2.05) is 61.7 Å². The summed E-state index contributed by atoms with van der Waals surface area (Å²) >= 11 is 0. The third-order valence-corrected chi connectivity index (χ3v) is 5.07. The van der Waals surface area contributed by atoms with E-state index in [1.165, 1.54) is 0 Å². The van der Waals surface area contributed by atoms with Gasteiger partial charge in [-0.1, -0.05) is 29.8 Å². The Morgan fingerprint density at radius 1 is 1.13 bits per heavy atom. The molecule has 0 aliphatic rings. The fraction of sp³-hybridized carbons (Fsp3) is 0.235. The van der Waals surface area contributed by atoms with Crippen molar-refractivity contribution in [3.63, 3.8) is 0 Å². The van der Waals surface area contributed by atoms with Crippen LogP contribution in [0.5, 0.6) is 0 Å². The van der Waals surface area contributed by atoms with Gasteiger partial charge >= 0.3 is 0 Å². The Labute approximate surface area is 136 Å². The van der Waals surface area contributed by atoms with Crippen LogP contribution >= 0.6 is 0 Å². The van der Waals surface area contributed by atoms with Gasteiger partial charge in [-0.15, -0.1) is 0 Å². The molecule has 23 heavy (non-hydrogen) atoms. The van der Waals surface area contributed by atoms with Gasteiger partial charge in [-0.05, 0) is 38.5 Å². The van der Waals surface area contributed by atoms with E-state index < -0.39 is 10.0 Å². The van der Waals surface area contributed by atoms with Crippen LogP contribution in [0.4, 0.5) is 5.69 Å². The highest BCUT2D eigenvalue weighted by Crippen LogP contribution is 2.21. The molecule has 0 spiro atoms. The summed E-state index contributed by atoms with van der Waals surface area (Å²) in [5.41, 5.74) is 4.81. The predicted molar refractivity (Wildman–Crippen MR) is 92.1 cm³/mol. The van der Waals surface area contributed by atoms with Gasteiger partial charge < -0.3 is 4.40 Å². The second-order valence-electron chi connectivity index (χ2n) is 5.75. The first kappa shape index (κ1) is 15.6. The molecule has 1 aromatic carbocycles. The summed E-state index contributed by atoms with van der Waals surface area (Å²) in [6.07, 6.45) is 1.88. The standard InChI is InChI=1S/C17H19N3O2S/c1-12-6-4-7-15(10-12)11-23(21,22)19-16-8-5-9-20-14(3)13(2)18-17(16)20/h4-10,19H,11H2,1-3H3. The third-order valence-electron chi connectivity index (χ3n) is 3.83. The maximum absolute atomic E-state index is 12.5. The zero-order valence-corrected chi connectivity index (χ0v) is 14.2. The number of hydrogen-bond donors (Lipinski definition) is 1. The molecule has 3 aromatic rings. The molecular formula is C17H19N3O2S. The number of rotatable bonds is 4. The molecule has 0 saturated heterocycles. The molecule has 2 heterocycles. The molecule has 5 nitrogen and oxygen atoms in total. The molecule has 120 valence electrons. The van der Waals surface area contributed by atoms with Crippen LogP contribution in [0.3, 0.4) is 0 Å². The number of nitrogens with zero attached hydrogens (tertiary/aromatic N) is 2. The Morgan fingerprint density at radius 2 is 1.91 bits per heavy atom. The van der Waals surface area contributed by atoms with Gasteiger partial charge in [0.15, 0.2) is 5.65 Å². The molecule has 2 aromatic heterocycles. The smallest absolute Gasteiger partial charge is 0.237 e. The second-order valence-corrected chi connectivity index (χ2v) is 7.47. The van der Waals surface area contributed by atoms with Crippen LogP contribution in [0.1, 0.15) is 22.5 Å². The molecule has 3 rings (SSSR count). The predicted octanol–water partition coefficient (Wildman–Crippen LogP) is 3.20. The molecule has 0 aliphatic carbocycles. The number of sulfonamides is 1. The van der Waals surface area contributed by atoms with Crippen LogP contribution in [-0.4, -0.2) is 17.8 Å². The van der Waals surface area contributed by atoms with Gasteiger partial charge in [-0.2, -0.15) is 0 Å². The van der Waals surface area contributed by atoms with Crippen LogP contribution < -0.4 is 4.72 Å². The van der Waals surface area contributed by atoms with Crippen molar-refractivity contribution in [3.05, 3.63) is 65.1 Å². The number of aryl methyl sites for hydroxylation is 3. The lowest BCUT2D eigenvalue weighted by Crippen LogP contribution is -2.15. The van der Waals surface area contributed by atoms with E-state index in [0.717, 1.165) is 22.5 Å². The molecule has 0 radical (unpaired) electrons. The van der Waals surface area contributed by atoms with Gasteiger partial charge in [0.25, 0.3) is 0 Å². The largest absolute Gasteiger partial charge is 0.302 e. The van der Waals surface area contributed by atoms with Crippen molar-refractivity contribution in [2.24, 2.45) is 0 Å². The maximum Gasteiger partial charge on any atom is 0.237 e. The SMILES string of the molecule is Cc1cccc(CS(=O)(=O)Nc2cccn3c(C)c(C)nc23)c1. The van der Waals surface area contributed by atoms with E-state index in [9.17, 15) is 8.42 Å². The van der Waals surface area contributed by atoms with Crippen LogP contribution in [0, 0.1) is 20.8 Å². The molecule has 0 atom stereocenters. The van der Waals surface area contributed by atoms with Gasteiger partial charge in [0, 0.05) is 11.9 Å². The third kappa shape index (κ3) is 3.22. The number of nitrogens with one attached hydrogen (secondary N) is 1. The van der Waals surface area contributed by atoms with Gasteiger partial charge in [-0.3, -0.25) is 4.72 Å². The van der Waals surface area contributed by atoms with Crippen molar-refractivity contribution < 1.29 is 8.42 Å². The summed E-state index contributed by atoms with van der Waals surface area (Å²) in [6.45, 7) is 5.81. The minimum Gasteiger partial charge on any atom is -0.302 e. The van der Waals surface area contributed by atoms with Crippen molar-refractivity contribution >= 4 is 21.4 Å². The van der Waals surface area contributed by atoms with Gasteiger partial charge in [-0.25, -0.2) is 13.4 Å². The zero-order chi connectivity index (χ0) is 16.6. The van der Waals surface area contributed by atoms with Crippen molar-refractivity contribution in [3.8, 4) is 0 Å². The van der Waals surface area contributed by atoms with Gasteiger partial charge in [0.2, 0.25) is 10.0 Å². The molecule has 0 aliphatic heterocycles. The number of fused-ring (bicyclic) bond motifs is 1. The first-order chi connectivity index (χ1) is 10.9. The van der Waals surface area contributed by atoms with Gasteiger partial charge in [0.05, 0.1) is 17.1 Å². The quantitative estimate of drug-likeness (QED) is 0.799. The zero-order valence-electron chi connectivity index (χ0n) is 13.4. The first-order valence-electron chi connectivity index (χ1n) is 7.36. The number of benzene rings is 1. The van der Waals surface area contributed by atoms with Crippen LogP contribution in [0.2, 0.25) is 0 Å². The summed E-state index contributed by atoms with van der Waals surface area (Å²) in [7, 11) is -3.50. The maximum atomic E-state index is 12.5. The Kier molecular flexibility index (Phi) is 3.85. The average Bonchev–Trinajstić information content (AvgIpc) is 2.75. The fourth-order valence-electron chi connectivity index (χ4n) is 2.60. The highest BCUT2D eigenvalue weighted by atomic mass is 32.2. The van der Waals surface area contributed by atoms with Crippen molar-refractivity contribution in [2.45, 2.75) is 26.5 Å². The molecule has 0 saturated carbocycles. The molecule has 0 amide bonds. The van der Waals surface area contributed by atoms with Crippen LogP contribution in [0.25, 0.3) is 5.65 Å². The Morgan fingerprint density at radius 3 is 2.65 bits per heavy atom. The highest BCUT2D eigenvalue weighted by molar-refractivity contribution is 7.91. The molecule has 0 bridgehead atoms. The number of pyridine rings is 1. The van der Waals surface area contributed by atoms with E-state index in [0.29, 0.717) is 11.3 Å². The number of hydrogen-bond acceptors (Lipinski definition) is 3. The van der Waals surface area contributed by atoms with E-state index in [1.54, 1.807) is 6.07 Å². The summed E-state index contributed by atoms with van der Waals surface area (Å²) in [5.74, 6) is -0.0611. The van der Waals surface area contributed by atoms with Crippen LogP contribution in [-0.2, 0) is 15.8 Å². The fourth-order valence-corrected chi connectivity index (χ4v) is 3.79. The lowest BCUT2D eigenvalue weighted by molar-refractivity contribution is 0.600. The van der Waals surface area contributed by atoms with Crippen LogP contribution in [0.15, 0.2) is 42.6 Å². The topological polar surface area (TPSA) is 63.5 Å². The van der Waals surface area contributed by atoms with Crippen molar-refractivity contribution in [1.82, 2.24) is 9.38 Å². The van der Waals surface area contributed by atoms with Gasteiger partial charge in [0.1, 0.15) is 0 Å². The van der Waals surface area contributed by atoms with Crippen molar-refractivity contribution in [1.29, 1.82) is 0 Å². The lowest BCUT2D eigenvalue weighted by atomic mass is 10.2. The van der Waals surface area contributed by atoms with E-state index in [4.69, 9.17) is 0 Å². The van der Waals surface area contributed by atoms with E-state index in [2.05, 4.69) is 9.71 Å². The molecule has 0 unspecified atom stereocenters.